The van der Waals surface area contributed by atoms with E-state index in [0.717, 1.165) is 0 Å². The second-order valence-corrected chi connectivity index (χ2v) is 5.29. The Kier molecular flexibility index (Phi) is 3.38. The van der Waals surface area contributed by atoms with Gasteiger partial charge in [-0.25, -0.2) is 8.42 Å². The number of nitrogens with one attached hydrogen (secondary N) is 2. The zero-order chi connectivity index (χ0) is 13.9. The molecule has 9 heteroatoms. The summed E-state index contributed by atoms with van der Waals surface area (Å²) in [7, 11) is -3.71. The number of sulfonamides is 1. The van der Waals surface area contributed by atoms with E-state index in [9.17, 15) is 8.42 Å². The minimum atomic E-state index is -3.71. The van der Waals surface area contributed by atoms with Gasteiger partial charge in [-0.3, -0.25) is 9.82 Å². The van der Waals surface area contributed by atoms with E-state index in [-0.39, 0.29) is 10.7 Å². The van der Waals surface area contributed by atoms with Gasteiger partial charge < -0.3 is 10.9 Å². The molecular formula is C10H11N5O3S. The summed E-state index contributed by atoms with van der Waals surface area (Å²) in [6.45, 7) is 0. The molecule has 0 aliphatic carbocycles. The third-order valence-corrected chi connectivity index (χ3v) is 3.65. The van der Waals surface area contributed by atoms with Crippen LogP contribution in [0.1, 0.15) is 5.56 Å². The maximum atomic E-state index is 11.9. The van der Waals surface area contributed by atoms with E-state index in [1.54, 1.807) is 18.2 Å². The Labute approximate surface area is 109 Å². The lowest BCUT2D eigenvalue weighted by atomic mass is 10.2. The molecule has 0 saturated carbocycles. The van der Waals surface area contributed by atoms with Crippen LogP contribution in [0.4, 0.5) is 5.69 Å². The van der Waals surface area contributed by atoms with Crippen LogP contribution in [0.3, 0.4) is 0 Å². The van der Waals surface area contributed by atoms with Crippen molar-refractivity contribution in [2.75, 3.05) is 4.72 Å². The number of aromatic amines is 1. The molecule has 0 aliphatic heterocycles. The molecule has 0 spiro atoms. The van der Waals surface area contributed by atoms with E-state index in [2.05, 4.69) is 20.1 Å². The van der Waals surface area contributed by atoms with Crippen LogP contribution in [-0.4, -0.2) is 29.7 Å². The van der Waals surface area contributed by atoms with E-state index in [0.29, 0.717) is 11.3 Å². The second-order valence-electron chi connectivity index (χ2n) is 3.61. The number of benzene rings is 1. The van der Waals surface area contributed by atoms with Crippen LogP contribution in [0.15, 0.2) is 46.7 Å². The summed E-state index contributed by atoms with van der Waals surface area (Å²) >= 11 is 0. The number of rotatable bonds is 4. The van der Waals surface area contributed by atoms with Crippen LogP contribution < -0.4 is 10.5 Å². The normalized spacial score (nSPS) is 12.3. The van der Waals surface area contributed by atoms with E-state index in [4.69, 9.17) is 10.9 Å². The van der Waals surface area contributed by atoms with Crippen LogP contribution in [0, 0.1) is 0 Å². The van der Waals surface area contributed by atoms with Gasteiger partial charge in [0.15, 0.2) is 5.84 Å². The molecule has 5 N–H and O–H groups in total. The van der Waals surface area contributed by atoms with Crippen LogP contribution in [0.2, 0.25) is 0 Å². The number of anilines is 1. The highest BCUT2D eigenvalue weighted by atomic mass is 32.2. The zero-order valence-corrected chi connectivity index (χ0v) is 10.4. The molecule has 0 fully saturated rings. The van der Waals surface area contributed by atoms with Crippen LogP contribution in [-0.2, 0) is 10.0 Å². The Morgan fingerprint density at radius 3 is 2.89 bits per heavy atom. The molecule has 2 rings (SSSR count). The predicted molar refractivity (Wildman–Crippen MR) is 68.3 cm³/mol. The standard InChI is InChI=1S/C10H11N5O3S/c11-10(14-16)7-2-1-3-8(4-7)15-19(17,18)9-5-12-13-6-9/h1-6,15-16H,(H2,11,14)(H,12,13). The van der Waals surface area contributed by atoms with Crippen molar-refractivity contribution >= 4 is 21.5 Å². The predicted octanol–water partition coefficient (Wildman–Crippen LogP) is 0.305. The molecule has 0 amide bonds. The van der Waals surface area contributed by atoms with E-state index >= 15 is 0 Å². The van der Waals surface area contributed by atoms with Gasteiger partial charge in [-0.1, -0.05) is 17.3 Å². The molecule has 1 aromatic heterocycles. The number of amidine groups is 1. The van der Waals surface area contributed by atoms with Crippen molar-refractivity contribution in [3.05, 3.63) is 42.2 Å². The van der Waals surface area contributed by atoms with E-state index in [1.807, 2.05) is 0 Å². The Morgan fingerprint density at radius 2 is 2.26 bits per heavy atom. The van der Waals surface area contributed by atoms with Crippen molar-refractivity contribution in [2.45, 2.75) is 4.90 Å². The van der Waals surface area contributed by atoms with Crippen LogP contribution >= 0.6 is 0 Å². The first-order chi connectivity index (χ1) is 9.03. The first-order valence-electron chi connectivity index (χ1n) is 5.12. The Balaban J connectivity index is 2.30. The fourth-order valence-corrected chi connectivity index (χ4v) is 2.35. The fourth-order valence-electron chi connectivity index (χ4n) is 1.40. The summed E-state index contributed by atoms with van der Waals surface area (Å²) in [5.41, 5.74) is 6.12. The summed E-state index contributed by atoms with van der Waals surface area (Å²) in [6, 6.07) is 6.17. The van der Waals surface area contributed by atoms with Gasteiger partial charge in [0.05, 0.1) is 6.20 Å². The number of aromatic nitrogens is 2. The number of hydrogen-bond acceptors (Lipinski definition) is 5. The summed E-state index contributed by atoms with van der Waals surface area (Å²) in [6.07, 6.45) is 2.45. The molecule has 0 aliphatic rings. The third-order valence-electron chi connectivity index (χ3n) is 2.30. The number of nitrogens with two attached hydrogens (primary N) is 1. The quantitative estimate of drug-likeness (QED) is 0.277. The summed E-state index contributed by atoms with van der Waals surface area (Å²) in [5, 5.41) is 17.4. The minimum absolute atomic E-state index is 0.0155. The molecule has 0 atom stereocenters. The molecule has 0 radical (unpaired) electrons. The number of hydrogen-bond donors (Lipinski definition) is 4. The number of nitrogens with zero attached hydrogens (tertiary/aromatic N) is 2. The molecule has 0 unspecified atom stereocenters. The molecular weight excluding hydrogens is 270 g/mol. The van der Waals surface area contributed by atoms with Gasteiger partial charge in [0.25, 0.3) is 10.0 Å². The number of H-pyrrole nitrogens is 1. The summed E-state index contributed by atoms with van der Waals surface area (Å²) in [5.74, 6) is -0.107. The lowest BCUT2D eigenvalue weighted by Gasteiger charge is -2.07. The smallest absolute Gasteiger partial charge is 0.265 e. The molecule has 2 aromatic rings. The van der Waals surface area contributed by atoms with Crippen molar-refractivity contribution in [1.82, 2.24) is 10.2 Å². The molecule has 0 bridgehead atoms. The monoisotopic (exact) mass is 281 g/mol. The van der Waals surface area contributed by atoms with Gasteiger partial charge in [-0.15, -0.1) is 0 Å². The van der Waals surface area contributed by atoms with Crippen molar-refractivity contribution in [2.24, 2.45) is 10.9 Å². The first-order valence-corrected chi connectivity index (χ1v) is 6.61. The average Bonchev–Trinajstić information content (AvgIpc) is 2.92. The average molecular weight is 281 g/mol. The van der Waals surface area contributed by atoms with Gasteiger partial charge in [0, 0.05) is 17.4 Å². The van der Waals surface area contributed by atoms with Gasteiger partial charge in [-0.2, -0.15) is 5.10 Å². The Hall–Kier alpha value is -2.55. The molecule has 100 valence electrons. The number of oxime groups is 1. The van der Waals surface area contributed by atoms with Crippen molar-refractivity contribution in [1.29, 1.82) is 0 Å². The summed E-state index contributed by atoms with van der Waals surface area (Å²) in [4.78, 5) is 0.0155. The fraction of sp³-hybridized carbons (Fsp3) is 0. The second kappa shape index (κ2) is 4.98. The third kappa shape index (κ3) is 2.83. The highest BCUT2D eigenvalue weighted by Gasteiger charge is 2.15. The molecule has 1 aromatic carbocycles. The van der Waals surface area contributed by atoms with Gasteiger partial charge in [0.2, 0.25) is 0 Å². The maximum absolute atomic E-state index is 11.9. The van der Waals surface area contributed by atoms with E-state index < -0.39 is 10.0 Å². The molecule has 8 nitrogen and oxygen atoms in total. The van der Waals surface area contributed by atoms with Gasteiger partial charge >= 0.3 is 0 Å². The van der Waals surface area contributed by atoms with Gasteiger partial charge in [-0.05, 0) is 12.1 Å². The lowest BCUT2D eigenvalue weighted by Crippen LogP contribution is -2.15. The van der Waals surface area contributed by atoms with Crippen molar-refractivity contribution in [3.8, 4) is 0 Å². The highest BCUT2D eigenvalue weighted by Crippen LogP contribution is 2.16. The first kappa shape index (κ1) is 12.9. The van der Waals surface area contributed by atoms with Crippen LogP contribution in [0.25, 0.3) is 0 Å². The lowest BCUT2D eigenvalue weighted by molar-refractivity contribution is 0.318. The molecule has 19 heavy (non-hydrogen) atoms. The van der Waals surface area contributed by atoms with E-state index in [1.165, 1.54) is 18.5 Å². The maximum Gasteiger partial charge on any atom is 0.265 e. The molecule has 1 heterocycles. The SMILES string of the molecule is N/C(=N/O)c1cccc(NS(=O)(=O)c2cn[nH]c2)c1. The van der Waals surface area contributed by atoms with Crippen molar-refractivity contribution in [3.63, 3.8) is 0 Å². The summed E-state index contributed by atoms with van der Waals surface area (Å²) < 4.78 is 26.2. The minimum Gasteiger partial charge on any atom is -0.409 e. The Bertz CT molecular complexity index is 694. The zero-order valence-electron chi connectivity index (χ0n) is 9.61. The highest BCUT2D eigenvalue weighted by molar-refractivity contribution is 7.92. The van der Waals surface area contributed by atoms with Crippen molar-refractivity contribution < 1.29 is 13.6 Å². The Morgan fingerprint density at radius 1 is 1.47 bits per heavy atom. The van der Waals surface area contributed by atoms with Crippen LogP contribution in [0.5, 0.6) is 0 Å². The topological polar surface area (TPSA) is 133 Å². The van der Waals surface area contributed by atoms with Gasteiger partial charge in [0.1, 0.15) is 4.90 Å². The largest absolute Gasteiger partial charge is 0.409 e. The molecule has 0 saturated heterocycles.